The molecule has 1 aliphatic rings. The predicted molar refractivity (Wildman–Crippen MR) is 76.3 cm³/mol. The van der Waals surface area contributed by atoms with Crippen LogP contribution in [0.3, 0.4) is 0 Å². The smallest absolute Gasteiger partial charge is 0.194 e. The van der Waals surface area contributed by atoms with E-state index >= 15 is 0 Å². The summed E-state index contributed by atoms with van der Waals surface area (Å²) in [4.78, 5) is 0. The van der Waals surface area contributed by atoms with Gasteiger partial charge in [-0.2, -0.15) is 0 Å². The first kappa shape index (κ1) is 13.7. The van der Waals surface area contributed by atoms with Crippen LogP contribution in [0.4, 0.5) is 4.39 Å². The fourth-order valence-corrected chi connectivity index (χ4v) is 2.82. The first-order valence-corrected chi connectivity index (χ1v) is 6.80. The highest BCUT2D eigenvalue weighted by Crippen LogP contribution is 2.39. The predicted octanol–water partition coefficient (Wildman–Crippen LogP) is 2.22. The van der Waals surface area contributed by atoms with E-state index < -0.39 is 17.3 Å². The van der Waals surface area contributed by atoms with Gasteiger partial charge in [-0.25, -0.2) is 4.39 Å². The number of hydrogen-bond acceptors (Lipinski definition) is 4. The van der Waals surface area contributed by atoms with E-state index in [2.05, 4.69) is 5.32 Å². The third-order valence-corrected chi connectivity index (χ3v) is 3.93. The van der Waals surface area contributed by atoms with Gasteiger partial charge in [0.2, 0.25) is 0 Å². The van der Waals surface area contributed by atoms with E-state index in [1.165, 1.54) is 6.07 Å². The lowest BCUT2D eigenvalue weighted by atomic mass is 9.87. The van der Waals surface area contributed by atoms with Gasteiger partial charge >= 0.3 is 0 Å². The minimum Gasteiger partial charge on any atom is -0.508 e. The number of nitrogens with one attached hydrogen (secondary N) is 1. The van der Waals surface area contributed by atoms with E-state index in [0.717, 1.165) is 5.56 Å². The van der Waals surface area contributed by atoms with Crippen LogP contribution in [0, 0.1) is 5.82 Å². The number of benzene rings is 2. The second-order valence-corrected chi connectivity index (χ2v) is 5.22. The number of halogens is 1. The van der Waals surface area contributed by atoms with Gasteiger partial charge in [0.05, 0.1) is 0 Å². The van der Waals surface area contributed by atoms with E-state index in [4.69, 9.17) is 0 Å². The summed E-state index contributed by atoms with van der Waals surface area (Å²) in [6.07, 6.45) is 0.448. The summed E-state index contributed by atoms with van der Waals surface area (Å²) in [5.74, 6) is -1.88. The molecule has 0 fully saturated rings. The summed E-state index contributed by atoms with van der Waals surface area (Å²) in [6, 6.07) is 8.14. The molecule has 21 heavy (non-hydrogen) atoms. The topological polar surface area (TPSA) is 72.7 Å². The fraction of sp³-hybridized carbons (Fsp3) is 0.250. The molecule has 5 heteroatoms. The first-order chi connectivity index (χ1) is 10.1. The van der Waals surface area contributed by atoms with Crippen LogP contribution in [0.15, 0.2) is 30.3 Å². The van der Waals surface area contributed by atoms with Crippen molar-refractivity contribution in [1.29, 1.82) is 0 Å². The van der Waals surface area contributed by atoms with Gasteiger partial charge in [-0.15, -0.1) is 0 Å². The molecule has 0 radical (unpaired) electrons. The van der Waals surface area contributed by atoms with Gasteiger partial charge in [-0.05, 0) is 47.9 Å². The van der Waals surface area contributed by atoms with Crippen molar-refractivity contribution in [3.63, 3.8) is 0 Å². The van der Waals surface area contributed by atoms with Crippen molar-refractivity contribution in [3.8, 4) is 17.2 Å². The summed E-state index contributed by atoms with van der Waals surface area (Å²) in [7, 11) is 0. The summed E-state index contributed by atoms with van der Waals surface area (Å²) < 4.78 is 14.2. The van der Waals surface area contributed by atoms with Gasteiger partial charge in [0.15, 0.2) is 17.3 Å². The molecule has 1 atom stereocenters. The lowest BCUT2D eigenvalue weighted by Gasteiger charge is -2.19. The largest absolute Gasteiger partial charge is 0.508 e. The fourth-order valence-electron chi connectivity index (χ4n) is 2.82. The second kappa shape index (κ2) is 5.26. The molecule has 2 aromatic carbocycles. The summed E-state index contributed by atoms with van der Waals surface area (Å²) in [5.41, 5.74) is 2.00. The second-order valence-electron chi connectivity index (χ2n) is 5.22. The van der Waals surface area contributed by atoms with Crippen LogP contribution < -0.4 is 5.32 Å². The Labute approximate surface area is 121 Å². The average Bonchev–Trinajstić information content (AvgIpc) is 2.68. The Balaban J connectivity index is 2.14. The molecule has 0 saturated heterocycles. The van der Waals surface area contributed by atoms with E-state index in [-0.39, 0.29) is 11.7 Å². The van der Waals surface area contributed by atoms with E-state index in [1.54, 1.807) is 24.3 Å². The minimum atomic E-state index is -0.752. The van der Waals surface area contributed by atoms with Crippen molar-refractivity contribution < 1.29 is 19.7 Å². The van der Waals surface area contributed by atoms with Gasteiger partial charge in [0.25, 0.3) is 0 Å². The molecule has 4 nitrogen and oxygen atoms in total. The number of phenols is 3. The molecular formula is C16H16FNO3. The molecule has 0 spiro atoms. The summed E-state index contributed by atoms with van der Waals surface area (Å²) >= 11 is 0. The Morgan fingerprint density at radius 3 is 2.52 bits per heavy atom. The Kier molecular flexibility index (Phi) is 3.43. The third-order valence-electron chi connectivity index (χ3n) is 3.93. The molecule has 3 rings (SSSR count). The van der Waals surface area contributed by atoms with Crippen LogP contribution in [-0.4, -0.2) is 28.4 Å². The molecule has 0 saturated carbocycles. The number of aromatic hydroxyl groups is 3. The van der Waals surface area contributed by atoms with Gasteiger partial charge in [-0.1, -0.05) is 12.1 Å². The zero-order chi connectivity index (χ0) is 15.0. The van der Waals surface area contributed by atoms with E-state index in [9.17, 15) is 19.7 Å². The number of fused-ring (bicyclic) bond motifs is 1. The van der Waals surface area contributed by atoms with Crippen molar-refractivity contribution in [2.45, 2.75) is 12.3 Å². The lowest BCUT2D eigenvalue weighted by Crippen LogP contribution is -2.20. The highest BCUT2D eigenvalue weighted by Gasteiger charge is 2.26. The molecule has 0 amide bonds. The van der Waals surface area contributed by atoms with Crippen LogP contribution in [0.25, 0.3) is 0 Å². The molecule has 0 aliphatic carbocycles. The number of rotatable bonds is 1. The molecule has 0 bridgehead atoms. The van der Waals surface area contributed by atoms with Gasteiger partial charge in [0.1, 0.15) is 5.75 Å². The normalized spacial score (nSPS) is 18.0. The van der Waals surface area contributed by atoms with Crippen LogP contribution in [0.1, 0.15) is 22.6 Å². The van der Waals surface area contributed by atoms with Crippen molar-refractivity contribution in [2.24, 2.45) is 0 Å². The standard InChI is InChI=1S/C16H16FNO3/c17-15-11-5-6-18-8-13(9-1-3-10(19)4-2-9)12(11)7-14(20)16(15)21/h1-4,7,13,18-21H,5-6,8H2. The molecule has 1 aliphatic heterocycles. The van der Waals surface area contributed by atoms with Crippen molar-refractivity contribution in [3.05, 3.63) is 52.8 Å². The molecule has 1 unspecified atom stereocenters. The van der Waals surface area contributed by atoms with Gasteiger partial charge in [-0.3, -0.25) is 0 Å². The Morgan fingerprint density at radius 2 is 1.81 bits per heavy atom. The quantitative estimate of drug-likeness (QED) is 0.607. The SMILES string of the molecule is Oc1ccc(C2CNCCc3c2cc(O)c(O)c3F)cc1. The first-order valence-electron chi connectivity index (χ1n) is 6.80. The summed E-state index contributed by atoms with van der Waals surface area (Å²) in [6.45, 7) is 1.20. The zero-order valence-electron chi connectivity index (χ0n) is 11.3. The lowest BCUT2D eigenvalue weighted by molar-refractivity contribution is 0.375. The Hall–Kier alpha value is -2.27. The zero-order valence-corrected chi connectivity index (χ0v) is 11.3. The van der Waals surface area contributed by atoms with Crippen LogP contribution >= 0.6 is 0 Å². The van der Waals surface area contributed by atoms with Crippen LogP contribution in [0.2, 0.25) is 0 Å². The Morgan fingerprint density at radius 1 is 1.10 bits per heavy atom. The maximum Gasteiger partial charge on any atom is 0.194 e. The maximum absolute atomic E-state index is 14.2. The minimum absolute atomic E-state index is 0.149. The van der Waals surface area contributed by atoms with Gasteiger partial charge < -0.3 is 20.6 Å². The van der Waals surface area contributed by atoms with Crippen molar-refractivity contribution in [2.75, 3.05) is 13.1 Å². The highest BCUT2D eigenvalue weighted by molar-refractivity contribution is 5.51. The molecule has 2 aromatic rings. The number of hydrogen-bond donors (Lipinski definition) is 4. The van der Waals surface area contributed by atoms with Gasteiger partial charge in [0, 0.05) is 12.5 Å². The average molecular weight is 289 g/mol. The van der Waals surface area contributed by atoms with E-state index in [1.807, 2.05) is 0 Å². The van der Waals surface area contributed by atoms with E-state index in [0.29, 0.717) is 30.6 Å². The molecule has 1 heterocycles. The van der Waals surface area contributed by atoms with Crippen LogP contribution in [-0.2, 0) is 6.42 Å². The monoisotopic (exact) mass is 289 g/mol. The molecule has 110 valence electrons. The maximum atomic E-state index is 14.2. The molecular weight excluding hydrogens is 273 g/mol. The third kappa shape index (κ3) is 2.40. The highest BCUT2D eigenvalue weighted by atomic mass is 19.1. The van der Waals surface area contributed by atoms with Crippen LogP contribution in [0.5, 0.6) is 17.2 Å². The van der Waals surface area contributed by atoms with Crippen molar-refractivity contribution >= 4 is 0 Å². The Bertz CT molecular complexity index is 670. The summed E-state index contributed by atoms with van der Waals surface area (Å²) in [5, 5.41) is 31.9. The van der Waals surface area contributed by atoms with Crippen molar-refractivity contribution in [1.82, 2.24) is 5.32 Å². The molecule has 4 N–H and O–H groups in total. The number of phenolic OH excluding ortho intramolecular Hbond substituents is 3. The molecule has 0 aromatic heterocycles.